The van der Waals surface area contributed by atoms with Crippen LogP contribution in [0.2, 0.25) is 0 Å². The summed E-state index contributed by atoms with van der Waals surface area (Å²) < 4.78 is 5.00. The second-order valence-corrected chi connectivity index (χ2v) is 13.5. The van der Waals surface area contributed by atoms with E-state index in [1.807, 2.05) is 72.0 Å². The minimum atomic E-state index is 0.640. The lowest BCUT2D eigenvalue weighted by molar-refractivity contribution is 1.07. The van der Waals surface area contributed by atoms with Crippen LogP contribution in [0.15, 0.2) is 170 Å². The summed E-state index contributed by atoms with van der Waals surface area (Å²) in [5, 5.41) is 5.00. The molecule has 0 atom stereocenters. The summed E-state index contributed by atoms with van der Waals surface area (Å²) >= 11 is 1.87. The lowest BCUT2D eigenvalue weighted by atomic mass is 10.0. The molecule has 10 aromatic rings. The molecule has 0 amide bonds. The average Bonchev–Trinajstić information content (AvgIpc) is 3.74. The third kappa shape index (κ3) is 4.71. The Kier molecular flexibility index (Phi) is 6.64. The molecule has 10 rings (SSSR count). The average molecular weight is 657 g/mol. The molecule has 0 aliphatic carbocycles. The Morgan fingerprint density at radius 3 is 1.56 bits per heavy atom. The van der Waals surface area contributed by atoms with Crippen molar-refractivity contribution in [3.8, 4) is 51.0 Å². The summed E-state index contributed by atoms with van der Waals surface area (Å²) in [5.41, 5.74) is 8.66. The Labute approximate surface area is 292 Å². The number of nitrogens with zero attached hydrogens (tertiary/aromatic N) is 4. The van der Waals surface area contributed by atoms with Crippen LogP contribution in [0.1, 0.15) is 0 Å². The number of rotatable bonds is 5. The maximum Gasteiger partial charge on any atom is 0.164 e. The fourth-order valence-corrected chi connectivity index (χ4v) is 8.33. The molecular formula is C45H28N4S. The molecule has 50 heavy (non-hydrogen) atoms. The van der Waals surface area contributed by atoms with E-state index >= 15 is 0 Å². The van der Waals surface area contributed by atoms with Crippen molar-refractivity contribution >= 4 is 53.3 Å². The first kappa shape index (κ1) is 28.6. The third-order valence-electron chi connectivity index (χ3n) is 9.45. The van der Waals surface area contributed by atoms with Crippen molar-refractivity contribution in [1.82, 2.24) is 19.5 Å². The number of aromatic nitrogens is 4. The maximum absolute atomic E-state index is 5.03. The molecule has 7 aromatic carbocycles. The van der Waals surface area contributed by atoms with Crippen LogP contribution in [0.5, 0.6) is 0 Å². The first-order valence-corrected chi connectivity index (χ1v) is 17.5. The minimum absolute atomic E-state index is 0.640. The fourth-order valence-electron chi connectivity index (χ4n) is 7.09. The van der Waals surface area contributed by atoms with Crippen LogP contribution in [-0.2, 0) is 0 Å². The minimum Gasteiger partial charge on any atom is -0.309 e. The predicted molar refractivity (Wildman–Crippen MR) is 209 cm³/mol. The van der Waals surface area contributed by atoms with E-state index in [2.05, 4.69) is 114 Å². The number of para-hydroxylation sites is 1. The van der Waals surface area contributed by atoms with Crippen LogP contribution in [0.3, 0.4) is 0 Å². The normalized spacial score (nSPS) is 11.6. The Hall–Kier alpha value is -6.43. The molecule has 0 radical (unpaired) electrons. The summed E-state index contributed by atoms with van der Waals surface area (Å²) in [7, 11) is 0. The van der Waals surface area contributed by atoms with Crippen molar-refractivity contribution in [3.63, 3.8) is 0 Å². The van der Waals surface area contributed by atoms with E-state index in [0.717, 1.165) is 33.4 Å². The molecule has 0 spiro atoms. The molecule has 0 aliphatic rings. The van der Waals surface area contributed by atoms with Gasteiger partial charge < -0.3 is 4.57 Å². The van der Waals surface area contributed by atoms with Crippen molar-refractivity contribution < 1.29 is 0 Å². The van der Waals surface area contributed by atoms with Crippen LogP contribution in [-0.4, -0.2) is 19.5 Å². The molecule has 0 fully saturated rings. The van der Waals surface area contributed by atoms with E-state index in [9.17, 15) is 0 Å². The highest BCUT2D eigenvalue weighted by molar-refractivity contribution is 7.26. The fraction of sp³-hybridized carbons (Fsp3) is 0. The monoisotopic (exact) mass is 656 g/mol. The lowest BCUT2D eigenvalue weighted by Crippen LogP contribution is -2.00. The molecule has 0 saturated heterocycles. The van der Waals surface area contributed by atoms with E-state index in [1.54, 1.807) is 0 Å². The lowest BCUT2D eigenvalue weighted by Gasteiger charge is -2.11. The summed E-state index contributed by atoms with van der Waals surface area (Å²) in [5.74, 6) is 1.94. The largest absolute Gasteiger partial charge is 0.309 e. The molecule has 5 heteroatoms. The molecule has 0 aliphatic heterocycles. The van der Waals surface area contributed by atoms with Gasteiger partial charge in [0.2, 0.25) is 0 Å². The van der Waals surface area contributed by atoms with Gasteiger partial charge in [-0.1, -0.05) is 140 Å². The Bertz CT molecular complexity index is 2800. The topological polar surface area (TPSA) is 43.6 Å². The molecule has 3 aromatic heterocycles. The number of thiophene rings is 1. The quantitative estimate of drug-likeness (QED) is 0.185. The van der Waals surface area contributed by atoms with E-state index in [-0.39, 0.29) is 0 Å². The molecule has 0 unspecified atom stereocenters. The molecule has 4 nitrogen and oxygen atoms in total. The number of fused-ring (bicyclic) bond motifs is 6. The van der Waals surface area contributed by atoms with Gasteiger partial charge in [-0.15, -0.1) is 11.3 Å². The van der Waals surface area contributed by atoms with Crippen LogP contribution in [0.25, 0.3) is 93.0 Å². The Morgan fingerprint density at radius 1 is 0.380 bits per heavy atom. The third-order valence-corrected chi connectivity index (χ3v) is 10.7. The van der Waals surface area contributed by atoms with Gasteiger partial charge in [0, 0.05) is 53.3 Å². The van der Waals surface area contributed by atoms with E-state index < -0.39 is 0 Å². The molecule has 234 valence electrons. The van der Waals surface area contributed by atoms with Gasteiger partial charge >= 0.3 is 0 Å². The summed E-state index contributed by atoms with van der Waals surface area (Å²) in [4.78, 5) is 15.0. The van der Waals surface area contributed by atoms with Gasteiger partial charge in [0.1, 0.15) is 0 Å². The van der Waals surface area contributed by atoms with E-state index in [1.165, 1.54) is 42.1 Å². The van der Waals surface area contributed by atoms with Gasteiger partial charge in [-0.05, 0) is 41.5 Å². The van der Waals surface area contributed by atoms with Gasteiger partial charge in [-0.2, -0.15) is 0 Å². The van der Waals surface area contributed by atoms with Crippen molar-refractivity contribution in [2.45, 2.75) is 0 Å². The summed E-state index contributed by atoms with van der Waals surface area (Å²) in [6, 6.07) is 59.7. The second-order valence-electron chi connectivity index (χ2n) is 12.5. The highest BCUT2D eigenvalue weighted by atomic mass is 32.1. The van der Waals surface area contributed by atoms with Crippen molar-refractivity contribution in [2.24, 2.45) is 0 Å². The van der Waals surface area contributed by atoms with Gasteiger partial charge in [0.05, 0.1) is 11.0 Å². The molecule has 0 N–H and O–H groups in total. The van der Waals surface area contributed by atoms with Gasteiger partial charge in [-0.25, -0.2) is 15.0 Å². The van der Waals surface area contributed by atoms with Crippen LogP contribution in [0, 0.1) is 0 Å². The number of hydrogen-bond donors (Lipinski definition) is 0. The van der Waals surface area contributed by atoms with Crippen LogP contribution >= 0.6 is 11.3 Å². The molecule has 0 bridgehead atoms. The van der Waals surface area contributed by atoms with Gasteiger partial charge in [-0.3, -0.25) is 0 Å². The predicted octanol–water partition coefficient (Wildman–Crippen LogP) is 12.0. The molecule has 0 saturated carbocycles. The molecular weight excluding hydrogens is 629 g/mol. The van der Waals surface area contributed by atoms with Crippen molar-refractivity contribution in [1.29, 1.82) is 0 Å². The molecule has 3 heterocycles. The smallest absolute Gasteiger partial charge is 0.164 e. The number of hydrogen-bond acceptors (Lipinski definition) is 4. The summed E-state index contributed by atoms with van der Waals surface area (Å²) in [6.07, 6.45) is 0. The number of benzene rings is 7. The van der Waals surface area contributed by atoms with Crippen LogP contribution in [0.4, 0.5) is 0 Å². The standard InChI is InChI=1S/C45H28N4S/c1-4-13-29(14-5-1)43-46-44(30-15-6-2-7-16-30)48-45(47-43)32-24-26-36-35-25-23-31(27-39(35)49(40(36)28-32)33-17-8-3-9-18-33)34-20-12-21-38-37-19-10-11-22-41(37)50-42(34)38/h1-28H. The zero-order valence-corrected chi connectivity index (χ0v) is 27.7. The second kappa shape index (κ2) is 11.6. The highest BCUT2D eigenvalue weighted by Gasteiger charge is 2.18. The van der Waals surface area contributed by atoms with Crippen LogP contribution < -0.4 is 0 Å². The SMILES string of the molecule is c1ccc(-c2nc(-c3ccccc3)nc(-c3ccc4c5ccc(-c6cccc7c6sc6ccccc67)cc5n(-c5ccccc5)c4c3)n2)cc1. The maximum atomic E-state index is 5.03. The van der Waals surface area contributed by atoms with Gasteiger partial charge in [0.15, 0.2) is 17.5 Å². The Morgan fingerprint density at radius 2 is 0.900 bits per heavy atom. The summed E-state index contributed by atoms with van der Waals surface area (Å²) in [6.45, 7) is 0. The Balaban J connectivity index is 1.20. The van der Waals surface area contributed by atoms with E-state index in [0.29, 0.717) is 17.5 Å². The first-order chi connectivity index (χ1) is 24.8. The zero-order chi connectivity index (χ0) is 33.0. The first-order valence-electron chi connectivity index (χ1n) is 16.7. The van der Waals surface area contributed by atoms with Crippen molar-refractivity contribution in [3.05, 3.63) is 170 Å². The van der Waals surface area contributed by atoms with Crippen molar-refractivity contribution in [2.75, 3.05) is 0 Å². The highest BCUT2D eigenvalue weighted by Crippen LogP contribution is 2.42. The van der Waals surface area contributed by atoms with E-state index in [4.69, 9.17) is 15.0 Å². The van der Waals surface area contributed by atoms with Gasteiger partial charge in [0.25, 0.3) is 0 Å². The zero-order valence-electron chi connectivity index (χ0n) is 26.9.